The highest BCUT2D eigenvalue weighted by Crippen LogP contribution is 2.42. The quantitative estimate of drug-likeness (QED) is 0.750. The summed E-state index contributed by atoms with van der Waals surface area (Å²) in [5.41, 5.74) is 0. The van der Waals surface area contributed by atoms with Crippen molar-refractivity contribution in [2.24, 2.45) is 11.8 Å². The van der Waals surface area contributed by atoms with E-state index in [0.717, 1.165) is 19.1 Å². The van der Waals surface area contributed by atoms with Crippen LogP contribution in [0, 0.1) is 11.8 Å². The molecule has 1 amide bonds. The molecule has 7 heteroatoms. The van der Waals surface area contributed by atoms with E-state index in [-0.39, 0.29) is 23.7 Å². The minimum absolute atomic E-state index is 0.0697. The molecule has 6 nitrogen and oxygen atoms in total. The average Bonchev–Trinajstić information content (AvgIpc) is 3.10. The molecule has 2 aliphatic rings. The molecule has 108 valence electrons. The molecule has 3 atom stereocenters. The van der Waals surface area contributed by atoms with Gasteiger partial charge in [-0.2, -0.15) is 0 Å². The van der Waals surface area contributed by atoms with Crippen LogP contribution in [0.2, 0.25) is 0 Å². The van der Waals surface area contributed by atoms with Crippen molar-refractivity contribution in [3.05, 3.63) is 0 Å². The van der Waals surface area contributed by atoms with Crippen molar-refractivity contribution in [1.82, 2.24) is 4.90 Å². The zero-order valence-corrected chi connectivity index (χ0v) is 11.9. The van der Waals surface area contributed by atoms with Crippen LogP contribution in [0.15, 0.2) is 0 Å². The number of carboxylic acid groups (broad SMARTS) is 1. The maximum absolute atomic E-state index is 12.3. The van der Waals surface area contributed by atoms with Gasteiger partial charge in [0.15, 0.2) is 0 Å². The summed E-state index contributed by atoms with van der Waals surface area (Å²) in [5, 5.41) is 8.87. The van der Waals surface area contributed by atoms with Gasteiger partial charge in [0.25, 0.3) is 0 Å². The number of rotatable bonds is 6. The summed E-state index contributed by atoms with van der Waals surface area (Å²) in [5.74, 6) is -2.24. The van der Waals surface area contributed by atoms with E-state index in [1.165, 1.54) is 0 Å². The van der Waals surface area contributed by atoms with Crippen LogP contribution in [0.3, 0.4) is 0 Å². The van der Waals surface area contributed by atoms with Crippen molar-refractivity contribution in [1.29, 1.82) is 0 Å². The first-order valence-corrected chi connectivity index (χ1v) is 8.49. The van der Waals surface area contributed by atoms with Crippen LogP contribution in [0.1, 0.15) is 26.2 Å². The minimum atomic E-state index is -3.15. The van der Waals surface area contributed by atoms with Crippen molar-refractivity contribution >= 4 is 21.7 Å². The molecule has 2 saturated carbocycles. The SMILES string of the molecule is CC(CS(C)(=O)=O)N(C(=O)C1CC1C(=O)O)C1CC1. The lowest BCUT2D eigenvalue weighted by molar-refractivity contribution is -0.142. The van der Waals surface area contributed by atoms with Gasteiger partial charge in [0.2, 0.25) is 5.91 Å². The van der Waals surface area contributed by atoms with E-state index in [4.69, 9.17) is 5.11 Å². The zero-order valence-electron chi connectivity index (χ0n) is 11.1. The summed E-state index contributed by atoms with van der Waals surface area (Å²) in [7, 11) is -3.15. The first kappa shape index (κ1) is 14.3. The smallest absolute Gasteiger partial charge is 0.307 e. The summed E-state index contributed by atoms with van der Waals surface area (Å²) in [6.07, 6.45) is 3.29. The van der Waals surface area contributed by atoms with Crippen LogP contribution in [0.25, 0.3) is 0 Å². The molecule has 0 radical (unpaired) electrons. The maximum atomic E-state index is 12.3. The lowest BCUT2D eigenvalue weighted by Crippen LogP contribution is -2.45. The summed E-state index contributed by atoms with van der Waals surface area (Å²) in [4.78, 5) is 24.7. The third kappa shape index (κ3) is 3.46. The molecule has 1 N–H and O–H groups in total. The molecule has 0 spiro atoms. The molecule has 2 rings (SSSR count). The predicted molar refractivity (Wildman–Crippen MR) is 68.3 cm³/mol. The summed E-state index contributed by atoms with van der Waals surface area (Å²) < 4.78 is 22.7. The maximum Gasteiger partial charge on any atom is 0.307 e. The van der Waals surface area contributed by atoms with E-state index in [0.29, 0.717) is 6.42 Å². The standard InChI is InChI=1S/C12H19NO5S/c1-7(6-19(2,17)18)13(8-3-4-8)11(14)9-5-10(9)12(15)16/h7-10H,3-6H2,1-2H3,(H,15,16). The van der Waals surface area contributed by atoms with Gasteiger partial charge in [-0.05, 0) is 26.2 Å². The van der Waals surface area contributed by atoms with E-state index in [2.05, 4.69) is 0 Å². The molecule has 0 aromatic carbocycles. The summed E-state index contributed by atoms with van der Waals surface area (Å²) >= 11 is 0. The van der Waals surface area contributed by atoms with Gasteiger partial charge in [-0.15, -0.1) is 0 Å². The van der Waals surface area contributed by atoms with Gasteiger partial charge in [0.1, 0.15) is 9.84 Å². The van der Waals surface area contributed by atoms with E-state index in [1.807, 2.05) is 0 Å². The van der Waals surface area contributed by atoms with Gasteiger partial charge in [0.05, 0.1) is 17.6 Å². The fourth-order valence-electron chi connectivity index (χ4n) is 2.56. The molecule has 19 heavy (non-hydrogen) atoms. The number of hydrogen-bond acceptors (Lipinski definition) is 4. The Kier molecular flexibility index (Phi) is 3.59. The Morgan fingerprint density at radius 3 is 2.26 bits per heavy atom. The van der Waals surface area contributed by atoms with E-state index in [9.17, 15) is 18.0 Å². The second kappa shape index (κ2) is 4.77. The van der Waals surface area contributed by atoms with Crippen molar-refractivity contribution in [2.75, 3.05) is 12.0 Å². The second-order valence-corrected chi connectivity index (χ2v) is 7.89. The molecule has 0 aliphatic heterocycles. The van der Waals surface area contributed by atoms with E-state index < -0.39 is 27.6 Å². The number of sulfone groups is 1. The fraction of sp³-hybridized carbons (Fsp3) is 0.833. The lowest BCUT2D eigenvalue weighted by atomic mass is 10.2. The number of carboxylic acids is 1. The van der Waals surface area contributed by atoms with E-state index in [1.54, 1.807) is 11.8 Å². The van der Waals surface area contributed by atoms with Crippen molar-refractivity contribution in [3.8, 4) is 0 Å². The Bertz CT molecular complexity index is 496. The Balaban J connectivity index is 2.04. The van der Waals surface area contributed by atoms with Gasteiger partial charge >= 0.3 is 5.97 Å². The first-order chi connectivity index (χ1) is 8.70. The largest absolute Gasteiger partial charge is 0.481 e. The number of carbonyl (C=O) groups is 2. The Labute approximate surface area is 112 Å². The highest BCUT2D eigenvalue weighted by atomic mass is 32.2. The lowest BCUT2D eigenvalue weighted by Gasteiger charge is -2.29. The van der Waals surface area contributed by atoms with Crippen LogP contribution in [-0.4, -0.2) is 54.4 Å². The van der Waals surface area contributed by atoms with Crippen LogP contribution < -0.4 is 0 Å². The van der Waals surface area contributed by atoms with Gasteiger partial charge in [-0.3, -0.25) is 9.59 Å². The molecule has 2 fully saturated rings. The fourth-order valence-corrected chi connectivity index (χ4v) is 3.60. The van der Waals surface area contributed by atoms with Crippen LogP contribution in [0.5, 0.6) is 0 Å². The van der Waals surface area contributed by atoms with Crippen LogP contribution in [0.4, 0.5) is 0 Å². The molecule has 0 aromatic rings. The number of hydrogen-bond donors (Lipinski definition) is 1. The number of aliphatic carboxylic acids is 1. The van der Waals surface area contributed by atoms with Crippen LogP contribution in [-0.2, 0) is 19.4 Å². The van der Waals surface area contributed by atoms with Crippen LogP contribution >= 0.6 is 0 Å². The normalized spacial score (nSPS) is 27.7. The highest BCUT2D eigenvalue weighted by Gasteiger charge is 2.52. The summed E-state index contributed by atoms with van der Waals surface area (Å²) in [6.45, 7) is 1.72. The number of nitrogens with zero attached hydrogens (tertiary/aromatic N) is 1. The molecule has 0 saturated heterocycles. The van der Waals surface area contributed by atoms with Gasteiger partial charge in [0, 0.05) is 18.3 Å². The Hall–Kier alpha value is -1.11. The highest BCUT2D eigenvalue weighted by molar-refractivity contribution is 7.90. The van der Waals surface area contributed by atoms with Gasteiger partial charge in [-0.25, -0.2) is 8.42 Å². The number of amides is 1. The topological polar surface area (TPSA) is 91.8 Å². The average molecular weight is 289 g/mol. The molecular formula is C12H19NO5S. The minimum Gasteiger partial charge on any atom is -0.481 e. The molecular weight excluding hydrogens is 270 g/mol. The zero-order chi connectivity index (χ0) is 14.4. The molecule has 0 aromatic heterocycles. The third-order valence-electron chi connectivity index (χ3n) is 3.64. The van der Waals surface area contributed by atoms with Gasteiger partial charge < -0.3 is 10.0 Å². The Morgan fingerprint density at radius 2 is 1.89 bits per heavy atom. The molecule has 3 unspecified atom stereocenters. The molecule has 2 aliphatic carbocycles. The van der Waals surface area contributed by atoms with Gasteiger partial charge in [-0.1, -0.05) is 0 Å². The van der Waals surface area contributed by atoms with Crippen molar-refractivity contribution < 1.29 is 23.1 Å². The van der Waals surface area contributed by atoms with Crippen molar-refractivity contribution in [3.63, 3.8) is 0 Å². The number of carbonyl (C=O) groups excluding carboxylic acids is 1. The monoisotopic (exact) mass is 289 g/mol. The first-order valence-electron chi connectivity index (χ1n) is 6.43. The third-order valence-corrected chi connectivity index (χ3v) is 4.73. The summed E-state index contributed by atoms with van der Waals surface area (Å²) in [6, 6.07) is -0.288. The Morgan fingerprint density at radius 1 is 1.32 bits per heavy atom. The molecule has 0 heterocycles. The predicted octanol–water partition coefficient (Wildman–Crippen LogP) is 0.131. The molecule has 0 bridgehead atoms. The van der Waals surface area contributed by atoms with E-state index >= 15 is 0 Å². The second-order valence-electron chi connectivity index (χ2n) is 5.71. The van der Waals surface area contributed by atoms with Crippen molar-refractivity contribution in [2.45, 2.75) is 38.3 Å².